The molecule has 5 heteroatoms. The third-order valence-electron chi connectivity index (χ3n) is 3.83. The number of hydrogen-bond acceptors (Lipinski definition) is 3. The van der Waals surface area contributed by atoms with Crippen LogP contribution in [-0.2, 0) is 0 Å². The van der Waals surface area contributed by atoms with Gasteiger partial charge >= 0.3 is 5.97 Å². The van der Waals surface area contributed by atoms with E-state index in [4.69, 9.17) is 0 Å². The van der Waals surface area contributed by atoms with Gasteiger partial charge in [0.25, 0.3) is 5.91 Å². The Balaban J connectivity index is 2.14. The molecule has 1 unspecified atom stereocenters. The maximum atomic E-state index is 12.4. The van der Waals surface area contributed by atoms with Crippen molar-refractivity contribution in [3.8, 4) is 0 Å². The lowest BCUT2D eigenvalue weighted by atomic mass is 9.96. The molecule has 0 saturated carbocycles. The van der Waals surface area contributed by atoms with Gasteiger partial charge < -0.3 is 10.4 Å². The zero-order valence-corrected chi connectivity index (χ0v) is 13.3. The van der Waals surface area contributed by atoms with Gasteiger partial charge in [-0.1, -0.05) is 18.6 Å². The highest BCUT2D eigenvalue weighted by atomic mass is 32.2. The van der Waals surface area contributed by atoms with Crippen LogP contribution >= 0.6 is 11.8 Å². The number of carboxylic acid groups (broad SMARTS) is 1. The molecule has 114 valence electrons. The summed E-state index contributed by atoms with van der Waals surface area (Å²) in [6.07, 6.45) is 3.57. The summed E-state index contributed by atoms with van der Waals surface area (Å²) in [6, 6.07) is 3.54. The maximum absolute atomic E-state index is 12.4. The van der Waals surface area contributed by atoms with Crippen LogP contribution < -0.4 is 5.32 Å². The molecule has 2 rings (SSSR count). The van der Waals surface area contributed by atoms with Gasteiger partial charge in [0.2, 0.25) is 0 Å². The number of carboxylic acids is 1. The molecule has 1 aliphatic heterocycles. The van der Waals surface area contributed by atoms with E-state index in [2.05, 4.69) is 5.32 Å². The predicted octanol–water partition coefficient (Wildman–Crippen LogP) is 3.02. The fourth-order valence-corrected chi connectivity index (χ4v) is 3.88. The first-order chi connectivity index (χ1) is 10.0. The molecule has 0 aromatic heterocycles. The topological polar surface area (TPSA) is 66.4 Å². The first kappa shape index (κ1) is 15.9. The van der Waals surface area contributed by atoms with Crippen molar-refractivity contribution in [1.29, 1.82) is 0 Å². The first-order valence-electron chi connectivity index (χ1n) is 7.24. The zero-order chi connectivity index (χ0) is 15.4. The third kappa shape index (κ3) is 3.79. The number of amides is 1. The lowest BCUT2D eigenvalue weighted by Crippen LogP contribution is -2.33. The van der Waals surface area contributed by atoms with E-state index < -0.39 is 5.97 Å². The Morgan fingerprint density at radius 1 is 1.24 bits per heavy atom. The van der Waals surface area contributed by atoms with Gasteiger partial charge in [-0.25, -0.2) is 4.79 Å². The van der Waals surface area contributed by atoms with E-state index in [0.29, 0.717) is 28.5 Å². The van der Waals surface area contributed by atoms with Crippen molar-refractivity contribution in [3.63, 3.8) is 0 Å². The molecule has 21 heavy (non-hydrogen) atoms. The molecule has 0 spiro atoms. The molecule has 1 aliphatic rings. The highest BCUT2D eigenvalue weighted by Gasteiger charge is 2.22. The van der Waals surface area contributed by atoms with Gasteiger partial charge in [0.15, 0.2) is 0 Å². The lowest BCUT2D eigenvalue weighted by Gasteiger charge is -2.22. The molecule has 1 aromatic carbocycles. The molecular weight excluding hydrogens is 286 g/mol. The monoisotopic (exact) mass is 307 g/mol. The van der Waals surface area contributed by atoms with Gasteiger partial charge in [-0.15, -0.1) is 0 Å². The Bertz CT molecular complexity index is 551. The Morgan fingerprint density at radius 3 is 2.48 bits per heavy atom. The van der Waals surface area contributed by atoms with Crippen LogP contribution in [0.3, 0.4) is 0 Å². The first-order valence-corrected chi connectivity index (χ1v) is 8.29. The van der Waals surface area contributed by atoms with Crippen molar-refractivity contribution < 1.29 is 14.7 Å². The summed E-state index contributed by atoms with van der Waals surface area (Å²) < 4.78 is 0. The zero-order valence-electron chi connectivity index (χ0n) is 12.4. The fourth-order valence-electron chi connectivity index (χ4n) is 2.64. The van der Waals surface area contributed by atoms with Crippen molar-refractivity contribution in [2.24, 2.45) is 0 Å². The van der Waals surface area contributed by atoms with Gasteiger partial charge in [-0.2, -0.15) is 11.8 Å². The van der Waals surface area contributed by atoms with Crippen LogP contribution in [0.5, 0.6) is 0 Å². The highest BCUT2D eigenvalue weighted by molar-refractivity contribution is 7.99. The number of carbonyl (C=O) groups is 2. The SMILES string of the molecule is Cc1ccc(C)c(C(=O)NCC2CCCCS2)c1C(=O)O. The molecule has 0 radical (unpaired) electrons. The minimum atomic E-state index is -1.05. The molecule has 1 amide bonds. The van der Waals surface area contributed by atoms with Gasteiger partial charge in [0, 0.05) is 11.8 Å². The number of aromatic carboxylic acids is 1. The van der Waals surface area contributed by atoms with E-state index >= 15 is 0 Å². The summed E-state index contributed by atoms with van der Waals surface area (Å²) in [5.41, 5.74) is 1.73. The van der Waals surface area contributed by atoms with Crippen molar-refractivity contribution in [2.75, 3.05) is 12.3 Å². The number of hydrogen-bond donors (Lipinski definition) is 2. The molecule has 1 atom stereocenters. The number of thioether (sulfide) groups is 1. The van der Waals surface area contributed by atoms with Crippen molar-refractivity contribution in [1.82, 2.24) is 5.32 Å². The Hall–Kier alpha value is -1.49. The Morgan fingerprint density at radius 2 is 1.90 bits per heavy atom. The van der Waals surface area contributed by atoms with Crippen LogP contribution in [0.25, 0.3) is 0 Å². The number of aryl methyl sites for hydroxylation is 2. The minimum absolute atomic E-state index is 0.115. The van der Waals surface area contributed by atoms with Crippen molar-refractivity contribution >= 4 is 23.6 Å². The number of carbonyl (C=O) groups excluding carboxylic acids is 1. The van der Waals surface area contributed by atoms with Gasteiger partial charge in [0.1, 0.15) is 0 Å². The number of rotatable bonds is 4. The van der Waals surface area contributed by atoms with Crippen molar-refractivity contribution in [2.45, 2.75) is 38.4 Å². The second-order valence-corrected chi connectivity index (χ2v) is 6.86. The van der Waals surface area contributed by atoms with E-state index in [1.165, 1.54) is 12.8 Å². The Kier molecular flexibility index (Phi) is 5.28. The second-order valence-electron chi connectivity index (χ2n) is 5.45. The van der Waals surface area contributed by atoms with Gasteiger partial charge in [0.05, 0.1) is 11.1 Å². The largest absolute Gasteiger partial charge is 0.478 e. The number of benzene rings is 1. The quantitative estimate of drug-likeness (QED) is 0.897. The summed E-state index contributed by atoms with van der Waals surface area (Å²) in [5, 5.41) is 12.7. The van der Waals surface area contributed by atoms with Crippen molar-refractivity contribution in [3.05, 3.63) is 34.4 Å². The van der Waals surface area contributed by atoms with E-state index in [1.54, 1.807) is 26.0 Å². The van der Waals surface area contributed by atoms with E-state index in [-0.39, 0.29) is 11.5 Å². The lowest BCUT2D eigenvalue weighted by molar-refractivity contribution is 0.0690. The van der Waals surface area contributed by atoms with E-state index in [0.717, 1.165) is 12.2 Å². The molecule has 2 N–H and O–H groups in total. The summed E-state index contributed by atoms with van der Waals surface area (Å²) >= 11 is 1.89. The van der Waals surface area contributed by atoms with Crippen LogP contribution in [0, 0.1) is 13.8 Å². The van der Waals surface area contributed by atoms with Crippen LogP contribution in [-0.4, -0.2) is 34.5 Å². The fraction of sp³-hybridized carbons (Fsp3) is 0.500. The molecular formula is C16H21NO3S. The third-order valence-corrected chi connectivity index (χ3v) is 5.23. The summed E-state index contributed by atoms with van der Waals surface area (Å²) in [5.74, 6) is -0.183. The minimum Gasteiger partial charge on any atom is -0.478 e. The molecule has 1 heterocycles. The van der Waals surface area contributed by atoms with Crippen LogP contribution in [0.15, 0.2) is 12.1 Å². The van der Waals surface area contributed by atoms with Crippen LogP contribution in [0.4, 0.5) is 0 Å². The summed E-state index contributed by atoms with van der Waals surface area (Å²) in [4.78, 5) is 23.8. The number of nitrogens with one attached hydrogen (secondary N) is 1. The van der Waals surface area contributed by atoms with Crippen LogP contribution in [0.2, 0.25) is 0 Å². The summed E-state index contributed by atoms with van der Waals surface area (Å²) in [7, 11) is 0. The molecule has 1 fully saturated rings. The van der Waals surface area contributed by atoms with Gasteiger partial charge in [-0.05, 0) is 43.6 Å². The predicted molar refractivity (Wildman–Crippen MR) is 85.3 cm³/mol. The van der Waals surface area contributed by atoms with Crippen LogP contribution in [0.1, 0.15) is 51.1 Å². The molecule has 1 aromatic rings. The average Bonchev–Trinajstić information content (AvgIpc) is 2.47. The molecule has 0 bridgehead atoms. The highest BCUT2D eigenvalue weighted by Crippen LogP contribution is 2.25. The maximum Gasteiger partial charge on any atom is 0.336 e. The molecule has 4 nitrogen and oxygen atoms in total. The second kappa shape index (κ2) is 6.98. The normalized spacial score (nSPS) is 18.3. The average molecular weight is 307 g/mol. The molecule has 1 saturated heterocycles. The van der Waals surface area contributed by atoms with E-state index in [9.17, 15) is 14.7 Å². The van der Waals surface area contributed by atoms with E-state index in [1.807, 2.05) is 11.8 Å². The smallest absolute Gasteiger partial charge is 0.336 e. The standard InChI is InChI=1S/C16H21NO3S/c1-10-6-7-11(2)14(16(19)20)13(10)15(18)17-9-12-5-3-4-8-21-12/h6-7,12H,3-5,8-9H2,1-2H3,(H,17,18)(H,19,20). The Labute approximate surface area is 129 Å². The van der Waals surface area contributed by atoms with Gasteiger partial charge in [-0.3, -0.25) is 4.79 Å². The molecule has 0 aliphatic carbocycles. The summed E-state index contributed by atoms with van der Waals surface area (Å²) in [6.45, 7) is 4.10.